The molecule has 2 aliphatic rings. The maximum absolute atomic E-state index is 6.18. The Kier molecular flexibility index (Phi) is 4.77. The Morgan fingerprint density at radius 2 is 2.20 bits per heavy atom. The lowest BCUT2D eigenvalue weighted by Gasteiger charge is -2.37. The number of aryl methyl sites for hydroxylation is 1. The van der Waals surface area contributed by atoms with E-state index < -0.39 is 0 Å². The quantitative estimate of drug-likeness (QED) is 0.836. The zero-order chi connectivity index (χ0) is 17.2. The first kappa shape index (κ1) is 16.6. The van der Waals surface area contributed by atoms with Crippen LogP contribution in [0.4, 0.5) is 5.82 Å². The molecule has 0 aliphatic carbocycles. The minimum atomic E-state index is 0.331. The first-order chi connectivity index (χ1) is 12.2. The molecule has 134 valence electrons. The topological polar surface area (TPSA) is 41.7 Å². The SMILES string of the molecule is Cc1cccc(N2CC[C@H]3[C@H](CO[C@@H]3CN(C)Cc3ccco3)C2)n1. The second-order valence-electron chi connectivity index (χ2n) is 7.44. The van der Waals surface area contributed by atoms with Crippen molar-refractivity contribution in [2.45, 2.75) is 26.0 Å². The van der Waals surface area contributed by atoms with Gasteiger partial charge in [-0.1, -0.05) is 6.07 Å². The lowest BCUT2D eigenvalue weighted by Crippen LogP contribution is -2.43. The van der Waals surface area contributed by atoms with Crippen LogP contribution >= 0.6 is 0 Å². The van der Waals surface area contributed by atoms with Crippen LogP contribution < -0.4 is 4.90 Å². The molecule has 25 heavy (non-hydrogen) atoms. The van der Waals surface area contributed by atoms with Gasteiger partial charge in [-0.2, -0.15) is 0 Å². The lowest BCUT2D eigenvalue weighted by molar-refractivity contribution is 0.0571. The second kappa shape index (κ2) is 7.18. The van der Waals surface area contributed by atoms with Crippen molar-refractivity contribution in [2.75, 3.05) is 38.2 Å². The molecule has 0 spiro atoms. The smallest absolute Gasteiger partial charge is 0.128 e. The minimum Gasteiger partial charge on any atom is -0.468 e. The molecular formula is C20H27N3O2. The molecule has 5 heteroatoms. The number of hydrogen-bond acceptors (Lipinski definition) is 5. The highest BCUT2D eigenvalue weighted by molar-refractivity contribution is 5.40. The average molecular weight is 341 g/mol. The van der Waals surface area contributed by atoms with E-state index >= 15 is 0 Å². The van der Waals surface area contributed by atoms with E-state index in [1.54, 1.807) is 6.26 Å². The van der Waals surface area contributed by atoms with Gasteiger partial charge in [0.15, 0.2) is 0 Å². The molecule has 0 aromatic carbocycles. The van der Waals surface area contributed by atoms with Crippen LogP contribution in [0.25, 0.3) is 0 Å². The second-order valence-corrected chi connectivity index (χ2v) is 7.44. The Morgan fingerprint density at radius 1 is 1.28 bits per heavy atom. The fourth-order valence-corrected chi connectivity index (χ4v) is 4.23. The summed E-state index contributed by atoms with van der Waals surface area (Å²) in [6.07, 6.45) is 3.25. The van der Waals surface area contributed by atoms with Crippen molar-refractivity contribution in [3.05, 3.63) is 48.0 Å². The maximum atomic E-state index is 6.18. The van der Waals surface area contributed by atoms with Crippen LogP contribution in [0.3, 0.4) is 0 Å². The summed E-state index contributed by atoms with van der Waals surface area (Å²) >= 11 is 0. The molecule has 0 bridgehead atoms. The number of piperidine rings is 1. The van der Waals surface area contributed by atoms with Crippen LogP contribution in [-0.2, 0) is 11.3 Å². The number of fused-ring (bicyclic) bond motifs is 1. The first-order valence-corrected chi connectivity index (χ1v) is 9.20. The van der Waals surface area contributed by atoms with Gasteiger partial charge in [-0.05, 0) is 50.6 Å². The van der Waals surface area contributed by atoms with E-state index in [-0.39, 0.29) is 0 Å². The summed E-state index contributed by atoms with van der Waals surface area (Å²) in [5.41, 5.74) is 1.08. The Bertz CT molecular complexity index is 688. The van der Waals surface area contributed by atoms with Crippen molar-refractivity contribution in [3.8, 4) is 0 Å². The van der Waals surface area contributed by atoms with Crippen LogP contribution in [0.1, 0.15) is 17.9 Å². The van der Waals surface area contributed by atoms with Gasteiger partial charge >= 0.3 is 0 Å². The van der Waals surface area contributed by atoms with Crippen molar-refractivity contribution < 1.29 is 9.15 Å². The molecule has 2 aliphatic heterocycles. The molecule has 0 saturated carbocycles. The summed E-state index contributed by atoms with van der Waals surface area (Å²) in [4.78, 5) is 9.42. The van der Waals surface area contributed by atoms with Gasteiger partial charge < -0.3 is 14.1 Å². The third kappa shape index (κ3) is 3.72. The number of rotatable bonds is 5. The van der Waals surface area contributed by atoms with Crippen LogP contribution in [0.2, 0.25) is 0 Å². The number of likely N-dealkylation sites (N-methyl/N-ethyl adjacent to an activating group) is 1. The normalized spacial score (nSPS) is 26.2. The van der Waals surface area contributed by atoms with Crippen LogP contribution in [0.15, 0.2) is 41.0 Å². The minimum absolute atomic E-state index is 0.331. The van der Waals surface area contributed by atoms with E-state index in [2.05, 4.69) is 47.0 Å². The molecule has 4 heterocycles. The molecule has 2 aromatic rings. The zero-order valence-electron chi connectivity index (χ0n) is 15.1. The highest BCUT2D eigenvalue weighted by Gasteiger charge is 2.41. The fourth-order valence-electron chi connectivity index (χ4n) is 4.23. The highest BCUT2D eigenvalue weighted by atomic mass is 16.5. The van der Waals surface area contributed by atoms with E-state index in [1.807, 2.05) is 12.1 Å². The fraction of sp³-hybridized carbons (Fsp3) is 0.550. The maximum Gasteiger partial charge on any atom is 0.128 e. The molecule has 0 N–H and O–H groups in total. The van der Waals surface area contributed by atoms with E-state index in [9.17, 15) is 0 Å². The van der Waals surface area contributed by atoms with E-state index in [4.69, 9.17) is 9.15 Å². The van der Waals surface area contributed by atoms with Gasteiger partial charge in [-0.25, -0.2) is 4.98 Å². The van der Waals surface area contributed by atoms with Crippen molar-refractivity contribution in [1.29, 1.82) is 0 Å². The molecule has 0 radical (unpaired) electrons. The molecule has 0 amide bonds. The van der Waals surface area contributed by atoms with Gasteiger partial charge in [-0.3, -0.25) is 4.90 Å². The van der Waals surface area contributed by atoms with Gasteiger partial charge in [-0.15, -0.1) is 0 Å². The van der Waals surface area contributed by atoms with Gasteiger partial charge in [0.25, 0.3) is 0 Å². The molecule has 2 aromatic heterocycles. The van der Waals surface area contributed by atoms with Crippen LogP contribution in [0.5, 0.6) is 0 Å². The summed E-state index contributed by atoms with van der Waals surface area (Å²) in [5, 5.41) is 0. The summed E-state index contributed by atoms with van der Waals surface area (Å²) < 4.78 is 11.6. The number of aromatic nitrogens is 1. The standard InChI is InChI=1S/C20H27N3O2/c1-15-5-3-7-20(21-15)23-9-8-18-16(11-23)14-25-19(18)13-22(2)12-17-6-4-10-24-17/h3-7,10,16,18-19H,8-9,11-14H2,1-2H3/t16-,18-,19+/m0/s1. The Morgan fingerprint density at radius 3 is 3.00 bits per heavy atom. The molecule has 4 rings (SSSR count). The number of anilines is 1. The number of nitrogens with zero attached hydrogens (tertiary/aromatic N) is 3. The molecule has 0 unspecified atom stereocenters. The van der Waals surface area contributed by atoms with E-state index in [1.165, 1.54) is 6.42 Å². The summed E-state index contributed by atoms with van der Waals surface area (Å²) in [5.74, 6) is 3.38. The Labute approximate surface area is 149 Å². The predicted octanol–water partition coefficient (Wildman–Crippen LogP) is 2.96. The molecule has 2 saturated heterocycles. The van der Waals surface area contributed by atoms with Crippen LogP contribution in [0, 0.1) is 18.8 Å². The Hall–Kier alpha value is -1.85. The average Bonchev–Trinajstić information content (AvgIpc) is 3.25. The van der Waals surface area contributed by atoms with E-state index in [0.29, 0.717) is 17.9 Å². The number of pyridine rings is 1. The molecular weight excluding hydrogens is 314 g/mol. The summed E-state index contributed by atoms with van der Waals surface area (Å²) in [6, 6.07) is 10.3. The molecule has 5 nitrogen and oxygen atoms in total. The first-order valence-electron chi connectivity index (χ1n) is 9.20. The molecule has 2 fully saturated rings. The zero-order valence-corrected chi connectivity index (χ0v) is 15.1. The van der Waals surface area contributed by atoms with E-state index in [0.717, 1.165) is 50.1 Å². The van der Waals surface area contributed by atoms with Crippen molar-refractivity contribution in [3.63, 3.8) is 0 Å². The van der Waals surface area contributed by atoms with Crippen molar-refractivity contribution >= 4 is 5.82 Å². The number of ether oxygens (including phenoxy) is 1. The third-order valence-electron chi connectivity index (χ3n) is 5.49. The van der Waals surface area contributed by atoms with Crippen molar-refractivity contribution in [2.24, 2.45) is 11.8 Å². The Balaban J connectivity index is 1.34. The predicted molar refractivity (Wildman–Crippen MR) is 97.6 cm³/mol. The van der Waals surface area contributed by atoms with Gasteiger partial charge in [0.2, 0.25) is 0 Å². The van der Waals surface area contributed by atoms with Gasteiger partial charge in [0.05, 0.1) is 25.5 Å². The number of furan rings is 1. The van der Waals surface area contributed by atoms with Gasteiger partial charge in [0, 0.05) is 31.2 Å². The van der Waals surface area contributed by atoms with Gasteiger partial charge in [0.1, 0.15) is 11.6 Å². The summed E-state index contributed by atoms with van der Waals surface area (Å²) in [7, 11) is 2.14. The number of hydrogen-bond donors (Lipinski definition) is 0. The lowest BCUT2D eigenvalue weighted by atomic mass is 9.84. The largest absolute Gasteiger partial charge is 0.468 e. The monoisotopic (exact) mass is 341 g/mol. The third-order valence-corrected chi connectivity index (χ3v) is 5.49. The molecule has 3 atom stereocenters. The van der Waals surface area contributed by atoms with Crippen molar-refractivity contribution in [1.82, 2.24) is 9.88 Å². The highest BCUT2D eigenvalue weighted by Crippen LogP contribution is 2.36. The summed E-state index contributed by atoms with van der Waals surface area (Å²) in [6.45, 7) is 6.85. The van der Waals surface area contributed by atoms with Crippen LogP contribution in [-0.4, -0.2) is 49.3 Å².